The average Bonchev–Trinajstić information content (AvgIpc) is 2.61. The maximum atomic E-state index is 12.2. The Hall–Kier alpha value is -1.11. The van der Waals surface area contributed by atoms with Gasteiger partial charge in [0.1, 0.15) is 0 Å². The van der Waals surface area contributed by atoms with Crippen LogP contribution in [0.2, 0.25) is 10.0 Å². The molecule has 4 nitrogen and oxygen atoms in total. The second kappa shape index (κ2) is 9.20. The molecule has 1 aliphatic heterocycles. The Morgan fingerprint density at radius 2 is 1.65 bits per heavy atom. The summed E-state index contributed by atoms with van der Waals surface area (Å²) >= 11 is 15.6. The molecule has 1 amide bonds. The molecule has 0 bridgehead atoms. The van der Waals surface area contributed by atoms with Gasteiger partial charge in [-0.3, -0.25) is 14.6 Å². The van der Waals surface area contributed by atoms with Crippen molar-refractivity contribution in [2.45, 2.75) is 6.54 Å². The van der Waals surface area contributed by atoms with E-state index in [2.05, 4.69) is 31.0 Å². The standard InChI is InChI=1S/C19H20BrCl2N3O/c20-15-2-5-17(6-3-15)23-19(26)13-25-9-7-24(8-10-25)12-14-1-4-16(21)11-18(14)22/h1-6,11H,7-10,12-13H2,(H,23,26). The number of rotatable bonds is 5. The fraction of sp³-hybridized carbons (Fsp3) is 0.316. The lowest BCUT2D eigenvalue weighted by Gasteiger charge is -2.34. The Labute approximate surface area is 172 Å². The first-order valence-corrected chi connectivity index (χ1v) is 9.98. The average molecular weight is 457 g/mol. The monoisotopic (exact) mass is 455 g/mol. The molecule has 1 heterocycles. The van der Waals surface area contributed by atoms with E-state index in [-0.39, 0.29) is 5.91 Å². The highest BCUT2D eigenvalue weighted by atomic mass is 79.9. The van der Waals surface area contributed by atoms with Crippen LogP contribution in [0.5, 0.6) is 0 Å². The molecule has 0 aliphatic carbocycles. The fourth-order valence-electron chi connectivity index (χ4n) is 2.93. The number of piperazine rings is 1. The van der Waals surface area contributed by atoms with Gasteiger partial charge in [0.05, 0.1) is 6.54 Å². The molecular formula is C19H20BrCl2N3O. The van der Waals surface area contributed by atoms with Gasteiger partial charge in [-0.15, -0.1) is 0 Å². The first-order valence-electron chi connectivity index (χ1n) is 8.43. The van der Waals surface area contributed by atoms with Crippen LogP contribution in [0.25, 0.3) is 0 Å². The third-order valence-electron chi connectivity index (χ3n) is 4.37. The van der Waals surface area contributed by atoms with E-state index in [1.54, 1.807) is 6.07 Å². The lowest BCUT2D eigenvalue weighted by atomic mass is 10.2. The summed E-state index contributed by atoms with van der Waals surface area (Å²) in [6, 6.07) is 13.2. The van der Waals surface area contributed by atoms with Gasteiger partial charge in [0.15, 0.2) is 0 Å². The molecule has 1 N–H and O–H groups in total. The van der Waals surface area contributed by atoms with E-state index < -0.39 is 0 Å². The molecule has 1 aliphatic rings. The van der Waals surface area contributed by atoms with Crippen LogP contribution in [0, 0.1) is 0 Å². The molecule has 0 saturated carbocycles. The van der Waals surface area contributed by atoms with E-state index in [0.29, 0.717) is 16.6 Å². The maximum Gasteiger partial charge on any atom is 0.238 e. The van der Waals surface area contributed by atoms with Crippen molar-refractivity contribution in [3.05, 3.63) is 62.5 Å². The zero-order valence-corrected chi connectivity index (χ0v) is 17.3. The van der Waals surface area contributed by atoms with Crippen molar-refractivity contribution >= 4 is 50.7 Å². The molecule has 1 fully saturated rings. The number of carbonyl (C=O) groups excluding carboxylic acids is 1. The molecule has 1 saturated heterocycles. The predicted octanol–water partition coefficient (Wildman–Crippen LogP) is 4.51. The van der Waals surface area contributed by atoms with Crippen LogP contribution in [-0.2, 0) is 11.3 Å². The molecule has 7 heteroatoms. The highest BCUT2D eigenvalue weighted by Crippen LogP contribution is 2.22. The number of anilines is 1. The lowest BCUT2D eigenvalue weighted by Crippen LogP contribution is -2.48. The number of hydrogen-bond acceptors (Lipinski definition) is 3. The predicted molar refractivity (Wildman–Crippen MR) is 111 cm³/mol. The van der Waals surface area contributed by atoms with Crippen molar-refractivity contribution in [1.29, 1.82) is 0 Å². The van der Waals surface area contributed by atoms with Gasteiger partial charge >= 0.3 is 0 Å². The van der Waals surface area contributed by atoms with Crippen molar-refractivity contribution in [2.24, 2.45) is 0 Å². The number of benzene rings is 2. The van der Waals surface area contributed by atoms with Gasteiger partial charge in [-0.1, -0.05) is 45.2 Å². The Morgan fingerprint density at radius 3 is 2.31 bits per heavy atom. The summed E-state index contributed by atoms with van der Waals surface area (Å²) in [6.07, 6.45) is 0. The van der Waals surface area contributed by atoms with Crippen LogP contribution in [-0.4, -0.2) is 48.4 Å². The summed E-state index contributed by atoms with van der Waals surface area (Å²) < 4.78 is 0.993. The van der Waals surface area contributed by atoms with Crippen LogP contribution in [0.1, 0.15) is 5.56 Å². The van der Waals surface area contributed by atoms with Crippen LogP contribution in [0.3, 0.4) is 0 Å². The molecule has 26 heavy (non-hydrogen) atoms. The minimum atomic E-state index is 0.0153. The smallest absolute Gasteiger partial charge is 0.238 e. The third kappa shape index (κ3) is 5.69. The molecule has 0 unspecified atom stereocenters. The molecule has 3 rings (SSSR count). The van der Waals surface area contributed by atoms with Crippen LogP contribution >= 0.6 is 39.1 Å². The summed E-state index contributed by atoms with van der Waals surface area (Å²) in [5, 5.41) is 4.29. The second-order valence-electron chi connectivity index (χ2n) is 6.34. The Bertz CT molecular complexity index is 762. The van der Waals surface area contributed by atoms with Crippen molar-refractivity contribution < 1.29 is 4.79 Å². The summed E-state index contributed by atoms with van der Waals surface area (Å²) in [5.74, 6) is 0.0153. The first kappa shape index (κ1) is 19.6. The fourth-order valence-corrected chi connectivity index (χ4v) is 3.67. The molecule has 138 valence electrons. The van der Waals surface area contributed by atoms with E-state index in [9.17, 15) is 4.79 Å². The van der Waals surface area contributed by atoms with Gasteiger partial charge in [0, 0.05) is 52.9 Å². The third-order valence-corrected chi connectivity index (χ3v) is 5.48. The maximum absolute atomic E-state index is 12.2. The van der Waals surface area contributed by atoms with Gasteiger partial charge < -0.3 is 5.32 Å². The minimum absolute atomic E-state index is 0.0153. The summed E-state index contributed by atoms with van der Waals surface area (Å²) in [4.78, 5) is 16.7. The van der Waals surface area contributed by atoms with Gasteiger partial charge in [-0.05, 0) is 42.0 Å². The number of amides is 1. The first-order chi connectivity index (χ1) is 12.5. The molecule has 2 aromatic carbocycles. The minimum Gasteiger partial charge on any atom is -0.325 e. The molecule has 0 radical (unpaired) electrons. The summed E-state index contributed by atoms with van der Waals surface area (Å²) in [6.45, 7) is 4.74. The number of hydrogen-bond donors (Lipinski definition) is 1. The van der Waals surface area contributed by atoms with E-state index in [1.165, 1.54) is 0 Å². The highest BCUT2D eigenvalue weighted by Gasteiger charge is 2.19. The molecular weight excluding hydrogens is 437 g/mol. The van der Waals surface area contributed by atoms with E-state index in [0.717, 1.165) is 48.4 Å². The number of nitrogens with one attached hydrogen (secondary N) is 1. The van der Waals surface area contributed by atoms with Gasteiger partial charge in [-0.2, -0.15) is 0 Å². The van der Waals surface area contributed by atoms with Crippen molar-refractivity contribution in [3.63, 3.8) is 0 Å². The van der Waals surface area contributed by atoms with Crippen LogP contribution in [0.15, 0.2) is 46.9 Å². The Morgan fingerprint density at radius 1 is 1.00 bits per heavy atom. The number of nitrogens with zero attached hydrogens (tertiary/aromatic N) is 2. The Balaban J connectivity index is 1.44. The van der Waals surface area contributed by atoms with Crippen LogP contribution in [0.4, 0.5) is 5.69 Å². The zero-order chi connectivity index (χ0) is 18.5. The SMILES string of the molecule is O=C(CN1CCN(Cc2ccc(Cl)cc2Cl)CC1)Nc1ccc(Br)cc1. The van der Waals surface area contributed by atoms with E-state index in [1.807, 2.05) is 36.4 Å². The summed E-state index contributed by atoms with van der Waals surface area (Å²) in [7, 11) is 0. The topological polar surface area (TPSA) is 35.6 Å². The van der Waals surface area contributed by atoms with Crippen molar-refractivity contribution in [3.8, 4) is 0 Å². The summed E-state index contributed by atoms with van der Waals surface area (Å²) in [5.41, 5.74) is 1.90. The van der Waals surface area contributed by atoms with Crippen LogP contribution < -0.4 is 5.32 Å². The molecule has 2 aromatic rings. The van der Waals surface area contributed by atoms with Crippen molar-refractivity contribution in [2.75, 3.05) is 38.0 Å². The second-order valence-corrected chi connectivity index (χ2v) is 8.10. The van der Waals surface area contributed by atoms with Gasteiger partial charge in [0.2, 0.25) is 5.91 Å². The Kier molecular flexibility index (Phi) is 6.95. The number of halogens is 3. The quantitative estimate of drug-likeness (QED) is 0.718. The highest BCUT2D eigenvalue weighted by molar-refractivity contribution is 9.10. The van der Waals surface area contributed by atoms with Gasteiger partial charge in [-0.25, -0.2) is 0 Å². The molecule has 0 atom stereocenters. The van der Waals surface area contributed by atoms with E-state index in [4.69, 9.17) is 23.2 Å². The normalized spacial score (nSPS) is 15.8. The zero-order valence-electron chi connectivity index (χ0n) is 14.2. The largest absolute Gasteiger partial charge is 0.325 e. The van der Waals surface area contributed by atoms with Crippen molar-refractivity contribution in [1.82, 2.24) is 9.80 Å². The van der Waals surface area contributed by atoms with E-state index >= 15 is 0 Å². The van der Waals surface area contributed by atoms with Gasteiger partial charge in [0.25, 0.3) is 0 Å². The molecule has 0 aromatic heterocycles. The lowest BCUT2D eigenvalue weighted by molar-refractivity contribution is -0.117. The number of carbonyl (C=O) groups is 1. The molecule has 0 spiro atoms.